The molecule has 4 aromatic rings. The molecule has 0 amide bonds. The Bertz CT molecular complexity index is 2030. The van der Waals surface area contributed by atoms with Gasteiger partial charge in [-0.3, -0.25) is 0 Å². The predicted molar refractivity (Wildman–Crippen MR) is 263 cm³/mol. The summed E-state index contributed by atoms with van der Waals surface area (Å²) < 4.78 is 43.2. The molecule has 0 aromatic heterocycles. The number of nitrogens with zero attached hydrogens (tertiary/aromatic N) is 4. The maximum atomic E-state index is 10.2. The van der Waals surface area contributed by atoms with Gasteiger partial charge in [0, 0.05) is 13.1 Å². The van der Waals surface area contributed by atoms with Gasteiger partial charge in [0.25, 0.3) is 0 Å². The zero-order valence-electron chi connectivity index (χ0n) is 42.2. The van der Waals surface area contributed by atoms with Gasteiger partial charge < -0.3 is 47.7 Å². The average molecular weight is 909 g/mol. The first-order valence-corrected chi connectivity index (χ1v) is 22.8. The molecule has 0 saturated carbocycles. The first-order valence-electron chi connectivity index (χ1n) is 22.8. The van der Waals surface area contributed by atoms with Crippen LogP contribution in [-0.2, 0) is 23.7 Å². The fraction of sp³-hybridized carbons (Fsp3) is 0.519. The van der Waals surface area contributed by atoms with E-state index < -0.39 is 10.8 Å². The van der Waals surface area contributed by atoms with Crippen LogP contribution in [0, 0.1) is 34.5 Å². The molecule has 0 saturated heterocycles. The second-order valence-electron chi connectivity index (χ2n) is 17.3. The third-order valence-corrected chi connectivity index (χ3v) is 12.8. The van der Waals surface area contributed by atoms with E-state index in [1.54, 1.807) is 56.9 Å². The van der Waals surface area contributed by atoms with Gasteiger partial charge in [0.1, 0.15) is 0 Å². The molecule has 4 aromatic carbocycles. The molecular weight excluding hydrogens is 833 g/mol. The fourth-order valence-corrected chi connectivity index (χ4v) is 8.45. The van der Waals surface area contributed by atoms with Crippen LogP contribution in [0.25, 0.3) is 0 Å². The van der Waals surface area contributed by atoms with Crippen LogP contribution < -0.4 is 37.9 Å². The molecule has 2 atom stereocenters. The van der Waals surface area contributed by atoms with Crippen LogP contribution in [0.3, 0.4) is 0 Å². The Morgan fingerprint density at radius 1 is 0.424 bits per heavy atom. The van der Waals surface area contributed by atoms with Crippen molar-refractivity contribution in [2.45, 2.75) is 77.0 Å². The Hall–Kier alpha value is -5.82. The zero-order valence-corrected chi connectivity index (χ0v) is 42.2. The molecule has 0 aliphatic heterocycles. The van der Waals surface area contributed by atoms with Crippen molar-refractivity contribution in [2.75, 3.05) is 97.2 Å². The Morgan fingerprint density at radius 3 is 0.985 bits per heavy atom. The lowest BCUT2D eigenvalue weighted by Crippen LogP contribution is -2.32. The lowest BCUT2D eigenvalue weighted by atomic mass is 9.69. The number of ether oxygens (including phenoxy) is 8. The molecule has 0 aliphatic rings. The summed E-state index contributed by atoms with van der Waals surface area (Å²) in [7, 11) is 17.3. The molecule has 12 nitrogen and oxygen atoms in total. The summed E-state index contributed by atoms with van der Waals surface area (Å²) in [6, 6.07) is 29.0. The Kier molecular flexibility index (Phi) is 22.3. The maximum Gasteiger partial charge on any atom is 0.161 e. The van der Waals surface area contributed by atoms with E-state index in [9.17, 15) is 10.5 Å². The van der Waals surface area contributed by atoms with E-state index >= 15 is 0 Å². The van der Waals surface area contributed by atoms with Gasteiger partial charge in [-0.1, -0.05) is 52.0 Å². The third-order valence-electron chi connectivity index (χ3n) is 12.8. The summed E-state index contributed by atoms with van der Waals surface area (Å²) in [5, 5.41) is 20.5. The quantitative estimate of drug-likeness (QED) is 0.0595. The maximum absolute atomic E-state index is 10.2. The molecule has 0 radical (unpaired) electrons. The molecule has 12 heteroatoms. The predicted octanol–water partition coefficient (Wildman–Crippen LogP) is 10.2. The molecule has 4 rings (SSSR count). The molecule has 0 aliphatic carbocycles. The van der Waals surface area contributed by atoms with E-state index in [-0.39, 0.29) is 11.8 Å². The minimum atomic E-state index is -0.580. The molecule has 2 unspecified atom stereocenters. The SMILES string of the molecule is COc1ccc(CCN(C)CCCC(C#N)(c2ccc(OC)c(OC)c2)C(C)C)cc1OC.COc1ccc(CCN(C)CCCC(C#N)(c2ccc(OC)c(OC)c2)C(C)C)cc1OC. The van der Waals surface area contributed by atoms with E-state index in [1.807, 2.05) is 60.7 Å². The van der Waals surface area contributed by atoms with Gasteiger partial charge in [-0.05, 0) is 148 Å². The normalized spacial score (nSPS) is 12.8. The summed E-state index contributed by atoms with van der Waals surface area (Å²) in [6.45, 7) is 12.1. The smallest absolute Gasteiger partial charge is 0.161 e. The monoisotopic (exact) mass is 909 g/mol. The van der Waals surface area contributed by atoms with Crippen molar-refractivity contribution in [2.24, 2.45) is 11.8 Å². The van der Waals surface area contributed by atoms with E-state index in [0.29, 0.717) is 23.0 Å². The summed E-state index contributed by atoms with van der Waals surface area (Å²) in [5.41, 5.74) is 3.21. The Morgan fingerprint density at radius 2 is 0.712 bits per heavy atom. The van der Waals surface area contributed by atoms with Gasteiger partial charge in [-0.2, -0.15) is 10.5 Å². The minimum Gasteiger partial charge on any atom is -0.493 e. The lowest BCUT2D eigenvalue weighted by molar-refractivity contribution is 0.292. The standard InChI is InChI=1S/2C27H38N2O4/c2*1-20(2)27(19-28,22-10-12-24(31-5)26(18-22)33-7)14-8-15-29(3)16-13-21-9-11-23(30-4)25(17-21)32-6/h2*9-12,17-18,20H,8,13-16H2,1-7H3. The highest BCUT2D eigenvalue weighted by molar-refractivity contribution is 5.49. The first-order chi connectivity index (χ1) is 31.7. The molecule has 0 N–H and O–H groups in total. The molecule has 66 heavy (non-hydrogen) atoms. The van der Waals surface area contributed by atoms with Gasteiger partial charge in [-0.15, -0.1) is 0 Å². The van der Waals surface area contributed by atoms with Crippen molar-refractivity contribution in [1.82, 2.24) is 9.80 Å². The van der Waals surface area contributed by atoms with Gasteiger partial charge in [0.2, 0.25) is 0 Å². The highest BCUT2D eigenvalue weighted by atomic mass is 16.5. The van der Waals surface area contributed by atoms with Crippen molar-refractivity contribution in [3.05, 3.63) is 95.1 Å². The average Bonchev–Trinajstić information content (AvgIpc) is 3.34. The Balaban J connectivity index is 0.000000350. The number of methoxy groups -OCH3 is 8. The van der Waals surface area contributed by atoms with E-state index in [2.05, 4.69) is 75.9 Å². The molecular formula is C54H76N4O8. The summed E-state index contributed by atoms with van der Waals surface area (Å²) >= 11 is 0. The number of hydrogen-bond acceptors (Lipinski definition) is 12. The highest BCUT2D eigenvalue weighted by Gasteiger charge is 2.37. The third kappa shape index (κ3) is 14.1. The van der Waals surface area contributed by atoms with Gasteiger partial charge >= 0.3 is 0 Å². The molecule has 360 valence electrons. The summed E-state index contributed by atoms with van der Waals surface area (Å²) in [6.07, 6.45) is 5.22. The van der Waals surface area contributed by atoms with Crippen molar-refractivity contribution in [3.8, 4) is 58.1 Å². The van der Waals surface area contributed by atoms with Crippen LogP contribution in [0.4, 0.5) is 0 Å². The first kappa shape index (κ1) is 54.5. The van der Waals surface area contributed by atoms with E-state index in [0.717, 1.165) is 98.8 Å². The number of nitriles is 2. The van der Waals surface area contributed by atoms with Crippen LogP contribution in [0.2, 0.25) is 0 Å². The van der Waals surface area contributed by atoms with Crippen molar-refractivity contribution < 1.29 is 37.9 Å². The van der Waals surface area contributed by atoms with Crippen molar-refractivity contribution in [1.29, 1.82) is 10.5 Å². The molecule has 0 bridgehead atoms. The van der Waals surface area contributed by atoms with E-state index in [1.165, 1.54) is 11.1 Å². The summed E-state index contributed by atoms with van der Waals surface area (Å²) in [5.74, 6) is 5.97. The topological polar surface area (TPSA) is 128 Å². The van der Waals surface area contributed by atoms with Crippen LogP contribution in [-0.4, -0.2) is 107 Å². The minimum absolute atomic E-state index is 0.165. The summed E-state index contributed by atoms with van der Waals surface area (Å²) in [4.78, 5) is 4.63. The second kappa shape index (κ2) is 27.0. The molecule has 0 spiro atoms. The van der Waals surface area contributed by atoms with Crippen LogP contribution in [0.5, 0.6) is 46.0 Å². The zero-order chi connectivity index (χ0) is 48.9. The van der Waals surface area contributed by atoms with Crippen LogP contribution in [0.1, 0.15) is 75.6 Å². The van der Waals surface area contributed by atoms with Crippen LogP contribution >= 0.6 is 0 Å². The van der Waals surface area contributed by atoms with Gasteiger partial charge in [-0.25, -0.2) is 0 Å². The highest BCUT2D eigenvalue weighted by Crippen LogP contribution is 2.42. The Labute approximate surface area is 396 Å². The van der Waals surface area contributed by atoms with Gasteiger partial charge in [0.05, 0.1) is 79.8 Å². The largest absolute Gasteiger partial charge is 0.493 e. The number of rotatable bonds is 26. The van der Waals surface area contributed by atoms with Crippen molar-refractivity contribution >= 4 is 0 Å². The fourth-order valence-electron chi connectivity index (χ4n) is 8.45. The molecule has 0 fully saturated rings. The number of benzene rings is 4. The second-order valence-corrected chi connectivity index (χ2v) is 17.3. The van der Waals surface area contributed by atoms with E-state index in [4.69, 9.17) is 37.9 Å². The molecule has 0 heterocycles. The number of hydrogen-bond donors (Lipinski definition) is 0. The van der Waals surface area contributed by atoms with Crippen molar-refractivity contribution in [3.63, 3.8) is 0 Å². The lowest BCUT2D eigenvalue weighted by Gasteiger charge is -2.32. The van der Waals surface area contributed by atoms with Crippen LogP contribution in [0.15, 0.2) is 72.8 Å². The number of likely N-dealkylation sites (N-methyl/N-ethyl adjacent to an activating group) is 2. The van der Waals surface area contributed by atoms with Gasteiger partial charge in [0.15, 0.2) is 46.0 Å².